The number of thiophene rings is 1. The van der Waals surface area contributed by atoms with Crippen molar-refractivity contribution in [3.05, 3.63) is 81.0 Å². The van der Waals surface area contributed by atoms with Crippen molar-refractivity contribution in [2.75, 3.05) is 6.61 Å². The summed E-state index contributed by atoms with van der Waals surface area (Å²) in [5.74, 6) is -0.393. The second-order valence-electron chi connectivity index (χ2n) is 5.68. The van der Waals surface area contributed by atoms with E-state index >= 15 is 0 Å². The normalized spacial score (nSPS) is 10.7. The molecule has 0 aliphatic heterocycles. The molecule has 1 aromatic carbocycles. The molecule has 3 rings (SSSR count). The molecule has 0 aliphatic rings. The third-order valence-corrected chi connectivity index (χ3v) is 4.86. The summed E-state index contributed by atoms with van der Waals surface area (Å²) < 4.78 is 5.45. The monoisotopic (exact) mass is 368 g/mol. The zero-order chi connectivity index (χ0) is 18.4. The van der Waals surface area contributed by atoms with Gasteiger partial charge in [-0.05, 0) is 41.6 Å². The molecule has 0 bridgehead atoms. The minimum Gasteiger partial charge on any atom is -0.377 e. The highest BCUT2D eigenvalue weighted by Crippen LogP contribution is 2.21. The topological polar surface area (TPSA) is 71.2 Å². The number of benzene rings is 1. The molecule has 0 atom stereocenters. The van der Waals surface area contributed by atoms with Gasteiger partial charge in [0.25, 0.3) is 11.5 Å². The van der Waals surface area contributed by atoms with Crippen molar-refractivity contribution >= 4 is 17.2 Å². The molecule has 2 aromatic heterocycles. The molecule has 0 unspecified atom stereocenters. The van der Waals surface area contributed by atoms with Crippen molar-refractivity contribution in [2.24, 2.45) is 0 Å². The Bertz CT molecular complexity index is 932. The number of aromatic nitrogens is 1. The smallest absolute Gasteiger partial charge is 0.261 e. The van der Waals surface area contributed by atoms with Gasteiger partial charge in [-0.25, -0.2) is 0 Å². The Morgan fingerprint density at radius 3 is 2.62 bits per heavy atom. The average molecular weight is 368 g/mol. The van der Waals surface area contributed by atoms with Crippen LogP contribution in [-0.2, 0) is 17.9 Å². The first-order chi connectivity index (χ1) is 12.7. The Balaban J connectivity index is 1.70. The summed E-state index contributed by atoms with van der Waals surface area (Å²) in [6.07, 6.45) is 0. The van der Waals surface area contributed by atoms with Gasteiger partial charge < -0.3 is 15.0 Å². The van der Waals surface area contributed by atoms with Crippen LogP contribution in [0.4, 0.5) is 0 Å². The van der Waals surface area contributed by atoms with E-state index in [1.165, 1.54) is 11.3 Å². The van der Waals surface area contributed by atoms with Crippen LogP contribution < -0.4 is 10.9 Å². The van der Waals surface area contributed by atoms with E-state index in [4.69, 9.17) is 4.74 Å². The lowest BCUT2D eigenvalue weighted by Gasteiger charge is -2.11. The number of ether oxygens (including phenoxy) is 1. The lowest BCUT2D eigenvalue weighted by molar-refractivity contribution is 0.0948. The van der Waals surface area contributed by atoms with Crippen LogP contribution in [0.1, 0.15) is 28.4 Å². The standard InChI is InChI=1S/C20H20N2O3S/c1-2-25-13-15-7-4-3-6-14(15)12-21-19(23)16-9-10-17(22-20(16)24)18-8-5-11-26-18/h3-11H,2,12-13H2,1H3,(H,21,23)(H,22,24). The Labute approximate surface area is 155 Å². The van der Waals surface area contributed by atoms with E-state index in [9.17, 15) is 9.59 Å². The first-order valence-electron chi connectivity index (χ1n) is 8.39. The predicted octanol–water partition coefficient (Wildman–Crippen LogP) is 3.57. The number of pyridine rings is 1. The number of rotatable bonds is 7. The van der Waals surface area contributed by atoms with Gasteiger partial charge in [0.15, 0.2) is 0 Å². The maximum Gasteiger partial charge on any atom is 0.261 e. The summed E-state index contributed by atoms with van der Waals surface area (Å²) in [7, 11) is 0. The third-order valence-electron chi connectivity index (χ3n) is 3.96. The van der Waals surface area contributed by atoms with Gasteiger partial charge in [0, 0.05) is 13.2 Å². The molecule has 26 heavy (non-hydrogen) atoms. The molecule has 6 heteroatoms. The Hall–Kier alpha value is -2.70. The number of aromatic amines is 1. The minimum atomic E-state index is -0.393. The quantitative estimate of drug-likeness (QED) is 0.670. The SMILES string of the molecule is CCOCc1ccccc1CNC(=O)c1ccc(-c2cccs2)[nH]c1=O. The Morgan fingerprint density at radius 1 is 1.12 bits per heavy atom. The summed E-state index contributed by atoms with van der Waals surface area (Å²) in [6.45, 7) is 3.41. The third kappa shape index (κ3) is 4.28. The highest BCUT2D eigenvalue weighted by Gasteiger charge is 2.12. The van der Waals surface area contributed by atoms with Crippen LogP contribution >= 0.6 is 11.3 Å². The molecule has 3 aromatic rings. The molecule has 0 spiro atoms. The lowest BCUT2D eigenvalue weighted by Crippen LogP contribution is -2.29. The van der Waals surface area contributed by atoms with Gasteiger partial charge in [-0.1, -0.05) is 30.3 Å². The molecule has 2 heterocycles. The summed E-state index contributed by atoms with van der Waals surface area (Å²) in [6, 6.07) is 14.9. The number of hydrogen-bond acceptors (Lipinski definition) is 4. The molecule has 134 valence electrons. The van der Waals surface area contributed by atoms with Gasteiger partial charge in [0.05, 0.1) is 17.2 Å². The van der Waals surface area contributed by atoms with Crippen molar-refractivity contribution in [3.8, 4) is 10.6 Å². The van der Waals surface area contributed by atoms with Gasteiger partial charge in [-0.15, -0.1) is 11.3 Å². The van der Waals surface area contributed by atoms with Crippen LogP contribution in [-0.4, -0.2) is 17.5 Å². The highest BCUT2D eigenvalue weighted by molar-refractivity contribution is 7.13. The number of carbonyl (C=O) groups is 1. The first-order valence-corrected chi connectivity index (χ1v) is 9.27. The molecular formula is C20H20N2O3S. The second kappa shape index (κ2) is 8.60. The van der Waals surface area contributed by atoms with Gasteiger partial charge in [0.1, 0.15) is 5.56 Å². The Morgan fingerprint density at radius 2 is 1.92 bits per heavy atom. The van der Waals surface area contributed by atoms with Crippen molar-refractivity contribution in [3.63, 3.8) is 0 Å². The van der Waals surface area contributed by atoms with Crippen molar-refractivity contribution in [2.45, 2.75) is 20.1 Å². The number of nitrogens with one attached hydrogen (secondary N) is 2. The van der Waals surface area contributed by atoms with Crippen molar-refractivity contribution < 1.29 is 9.53 Å². The van der Waals surface area contributed by atoms with Crippen LogP contribution in [0, 0.1) is 0 Å². The molecule has 0 fully saturated rings. The predicted molar refractivity (Wildman–Crippen MR) is 103 cm³/mol. The van der Waals surface area contributed by atoms with Crippen molar-refractivity contribution in [1.82, 2.24) is 10.3 Å². The van der Waals surface area contributed by atoms with Crippen LogP contribution in [0.3, 0.4) is 0 Å². The van der Waals surface area contributed by atoms with Gasteiger partial charge >= 0.3 is 0 Å². The van der Waals surface area contributed by atoms with Gasteiger partial charge in [-0.2, -0.15) is 0 Å². The fourth-order valence-corrected chi connectivity index (χ4v) is 3.29. The number of hydrogen-bond donors (Lipinski definition) is 2. The number of H-pyrrole nitrogens is 1. The van der Waals surface area contributed by atoms with Crippen LogP contribution in [0.2, 0.25) is 0 Å². The Kier molecular flexibility index (Phi) is 5.99. The van der Waals surface area contributed by atoms with E-state index in [1.54, 1.807) is 12.1 Å². The summed E-state index contributed by atoms with van der Waals surface area (Å²) >= 11 is 1.53. The lowest BCUT2D eigenvalue weighted by atomic mass is 10.1. The molecule has 0 saturated heterocycles. The maximum absolute atomic E-state index is 12.4. The van der Waals surface area contributed by atoms with E-state index in [1.807, 2.05) is 48.7 Å². The number of carbonyl (C=O) groups excluding carboxylic acids is 1. The summed E-state index contributed by atoms with van der Waals surface area (Å²) in [5, 5.41) is 4.75. The second-order valence-corrected chi connectivity index (χ2v) is 6.63. The molecule has 5 nitrogen and oxygen atoms in total. The van der Waals surface area contributed by atoms with E-state index < -0.39 is 11.5 Å². The maximum atomic E-state index is 12.4. The fraction of sp³-hybridized carbons (Fsp3) is 0.200. The molecule has 1 amide bonds. The van der Waals surface area contributed by atoms with Crippen molar-refractivity contribution in [1.29, 1.82) is 0 Å². The molecule has 2 N–H and O–H groups in total. The zero-order valence-electron chi connectivity index (χ0n) is 14.5. The molecular weight excluding hydrogens is 348 g/mol. The largest absolute Gasteiger partial charge is 0.377 e. The van der Waals surface area contributed by atoms with Crippen LogP contribution in [0.15, 0.2) is 58.7 Å². The van der Waals surface area contributed by atoms with Crippen LogP contribution in [0.5, 0.6) is 0 Å². The minimum absolute atomic E-state index is 0.104. The van der Waals surface area contributed by atoms with Crippen LogP contribution in [0.25, 0.3) is 10.6 Å². The first kappa shape index (κ1) is 18.1. The zero-order valence-corrected chi connectivity index (χ0v) is 15.3. The van der Waals surface area contributed by atoms with Gasteiger partial charge in [0.2, 0.25) is 0 Å². The molecule has 0 aliphatic carbocycles. The van der Waals surface area contributed by atoms with E-state index in [0.29, 0.717) is 25.5 Å². The molecule has 0 radical (unpaired) electrons. The van der Waals surface area contributed by atoms with E-state index in [-0.39, 0.29) is 5.56 Å². The molecule has 0 saturated carbocycles. The average Bonchev–Trinajstić information content (AvgIpc) is 3.19. The van der Waals surface area contributed by atoms with E-state index in [2.05, 4.69) is 10.3 Å². The highest BCUT2D eigenvalue weighted by atomic mass is 32.1. The summed E-state index contributed by atoms with van der Waals surface area (Å²) in [4.78, 5) is 28.4. The fourth-order valence-electron chi connectivity index (χ4n) is 2.58. The summed E-state index contributed by atoms with van der Waals surface area (Å²) in [5.41, 5.74) is 2.42. The van der Waals surface area contributed by atoms with E-state index in [0.717, 1.165) is 16.0 Å². The number of amides is 1. The van der Waals surface area contributed by atoms with Gasteiger partial charge in [-0.3, -0.25) is 9.59 Å².